The van der Waals surface area contributed by atoms with Gasteiger partial charge in [-0.2, -0.15) is 0 Å². The molecule has 5 nitrogen and oxygen atoms in total. The van der Waals surface area contributed by atoms with Crippen molar-refractivity contribution in [3.8, 4) is 0 Å². The summed E-state index contributed by atoms with van der Waals surface area (Å²) in [6.07, 6.45) is 1.99. The fourth-order valence-corrected chi connectivity index (χ4v) is 5.22. The maximum Gasteiger partial charge on any atom is 0.236 e. The van der Waals surface area contributed by atoms with Gasteiger partial charge in [-0.05, 0) is 24.5 Å². The Kier molecular flexibility index (Phi) is 5.92. The molecule has 0 saturated carbocycles. The van der Waals surface area contributed by atoms with Gasteiger partial charge in [0.2, 0.25) is 11.8 Å². The standard InChI is InChI=1S/C18H23N3O2S.ClH/c22-17-10-19-7-9-21(17)13-4-3-8-20(11-13)18(23)15-12-24-16-6-2-1-5-14(15)16;/h1-2,5-6,13,15,19H,3-4,7-12H2;1H. The van der Waals surface area contributed by atoms with E-state index in [1.165, 1.54) is 10.5 Å². The smallest absolute Gasteiger partial charge is 0.236 e. The molecule has 3 aliphatic rings. The van der Waals surface area contributed by atoms with Crippen LogP contribution in [0.2, 0.25) is 0 Å². The monoisotopic (exact) mass is 381 g/mol. The number of likely N-dealkylation sites (tertiary alicyclic amines) is 1. The predicted molar refractivity (Wildman–Crippen MR) is 101 cm³/mol. The minimum Gasteiger partial charge on any atom is -0.340 e. The van der Waals surface area contributed by atoms with Gasteiger partial charge in [-0.1, -0.05) is 18.2 Å². The average molecular weight is 382 g/mol. The summed E-state index contributed by atoms with van der Waals surface area (Å²) in [6.45, 7) is 3.54. The van der Waals surface area contributed by atoms with E-state index in [-0.39, 0.29) is 36.2 Å². The van der Waals surface area contributed by atoms with Crippen molar-refractivity contribution in [2.75, 3.05) is 38.5 Å². The summed E-state index contributed by atoms with van der Waals surface area (Å²) >= 11 is 1.78. The van der Waals surface area contributed by atoms with Gasteiger partial charge in [-0.25, -0.2) is 0 Å². The van der Waals surface area contributed by atoms with Gasteiger partial charge >= 0.3 is 0 Å². The zero-order valence-corrected chi connectivity index (χ0v) is 15.8. The molecule has 1 aromatic rings. The fraction of sp³-hybridized carbons (Fsp3) is 0.556. The molecule has 3 heterocycles. The van der Waals surface area contributed by atoms with Crippen molar-refractivity contribution in [3.63, 3.8) is 0 Å². The van der Waals surface area contributed by atoms with Crippen LogP contribution in [0.15, 0.2) is 29.2 Å². The topological polar surface area (TPSA) is 52.7 Å². The van der Waals surface area contributed by atoms with Gasteiger partial charge in [0, 0.05) is 42.9 Å². The number of rotatable bonds is 2. The van der Waals surface area contributed by atoms with Crippen molar-refractivity contribution in [1.29, 1.82) is 0 Å². The molecule has 1 aromatic carbocycles. The first-order valence-corrected chi connectivity index (χ1v) is 9.73. The second-order valence-corrected chi connectivity index (χ2v) is 7.81. The second-order valence-electron chi connectivity index (χ2n) is 6.75. The molecule has 1 N–H and O–H groups in total. The van der Waals surface area contributed by atoms with Crippen LogP contribution in [0, 0.1) is 0 Å². The van der Waals surface area contributed by atoms with Crippen LogP contribution in [0.1, 0.15) is 24.3 Å². The van der Waals surface area contributed by atoms with Gasteiger partial charge in [-0.3, -0.25) is 9.59 Å². The summed E-state index contributed by atoms with van der Waals surface area (Å²) in [5.74, 6) is 1.22. The van der Waals surface area contributed by atoms with E-state index in [0.717, 1.165) is 38.2 Å². The Labute approximate surface area is 158 Å². The van der Waals surface area contributed by atoms with E-state index in [4.69, 9.17) is 0 Å². The molecule has 4 rings (SSSR count). The Hall–Kier alpha value is -1.24. The Morgan fingerprint density at radius 2 is 2.08 bits per heavy atom. The molecule has 2 fully saturated rings. The number of hydrogen-bond acceptors (Lipinski definition) is 4. The summed E-state index contributed by atoms with van der Waals surface area (Å²) in [6, 6.07) is 8.42. The number of piperazine rings is 1. The molecule has 2 unspecified atom stereocenters. The van der Waals surface area contributed by atoms with E-state index in [2.05, 4.69) is 17.4 Å². The van der Waals surface area contributed by atoms with Crippen molar-refractivity contribution < 1.29 is 9.59 Å². The quantitative estimate of drug-likeness (QED) is 0.847. The molecular weight excluding hydrogens is 358 g/mol. The number of carbonyl (C=O) groups excluding carboxylic acids is 2. The highest BCUT2D eigenvalue weighted by Gasteiger charge is 2.36. The summed E-state index contributed by atoms with van der Waals surface area (Å²) < 4.78 is 0. The Bertz CT molecular complexity index is 657. The lowest BCUT2D eigenvalue weighted by atomic mass is 9.97. The van der Waals surface area contributed by atoms with Crippen LogP contribution in [0.5, 0.6) is 0 Å². The minimum absolute atomic E-state index is 0. The van der Waals surface area contributed by atoms with Crippen LogP contribution >= 0.6 is 24.2 Å². The van der Waals surface area contributed by atoms with Gasteiger partial charge in [0.25, 0.3) is 0 Å². The predicted octanol–water partition coefficient (Wildman–Crippen LogP) is 1.72. The van der Waals surface area contributed by atoms with Gasteiger partial charge in [-0.15, -0.1) is 24.2 Å². The van der Waals surface area contributed by atoms with E-state index in [9.17, 15) is 9.59 Å². The molecule has 0 aromatic heterocycles. The van der Waals surface area contributed by atoms with Crippen molar-refractivity contribution in [3.05, 3.63) is 29.8 Å². The van der Waals surface area contributed by atoms with Gasteiger partial charge in [0.15, 0.2) is 0 Å². The molecule has 2 saturated heterocycles. The third-order valence-electron chi connectivity index (χ3n) is 5.27. The average Bonchev–Trinajstić information content (AvgIpc) is 3.06. The highest BCUT2D eigenvalue weighted by Crippen LogP contribution is 2.40. The molecule has 7 heteroatoms. The van der Waals surface area contributed by atoms with E-state index < -0.39 is 0 Å². The zero-order chi connectivity index (χ0) is 16.5. The van der Waals surface area contributed by atoms with Gasteiger partial charge in [0.1, 0.15) is 0 Å². The normalized spacial score (nSPS) is 26.2. The van der Waals surface area contributed by atoms with Crippen LogP contribution in [-0.4, -0.2) is 66.1 Å². The third-order valence-corrected chi connectivity index (χ3v) is 6.46. The first-order chi connectivity index (χ1) is 11.7. The van der Waals surface area contributed by atoms with Crippen molar-refractivity contribution >= 4 is 36.0 Å². The molecule has 3 aliphatic heterocycles. The lowest BCUT2D eigenvalue weighted by Crippen LogP contribution is -2.57. The molecule has 0 radical (unpaired) electrons. The van der Waals surface area contributed by atoms with Gasteiger partial charge in [0.05, 0.1) is 12.5 Å². The largest absolute Gasteiger partial charge is 0.340 e. The number of fused-ring (bicyclic) bond motifs is 1. The van der Waals surface area contributed by atoms with Gasteiger partial charge < -0.3 is 15.1 Å². The van der Waals surface area contributed by atoms with Crippen LogP contribution in [0.4, 0.5) is 0 Å². The maximum atomic E-state index is 13.1. The summed E-state index contributed by atoms with van der Waals surface area (Å²) in [7, 11) is 0. The third kappa shape index (κ3) is 3.66. The summed E-state index contributed by atoms with van der Waals surface area (Å²) in [5, 5.41) is 3.12. The minimum atomic E-state index is -0.0244. The van der Waals surface area contributed by atoms with E-state index in [0.29, 0.717) is 13.1 Å². The maximum absolute atomic E-state index is 13.1. The lowest BCUT2D eigenvalue weighted by Gasteiger charge is -2.41. The summed E-state index contributed by atoms with van der Waals surface area (Å²) in [4.78, 5) is 30.4. The van der Waals surface area contributed by atoms with Crippen LogP contribution in [0.25, 0.3) is 0 Å². The fourth-order valence-electron chi connectivity index (χ4n) is 4.00. The van der Waals surface area contributed by atoms with Crippen molar-refractivity contribution in [2.45, 2.75) is 29.7 Å². The number of halogens is 1. The number of carbonyl (C=O) groups is 2. The number of thioether (sulfide) groups is 1. The Morgan fingerprint density at radius 3 is 2.92 bits per heavy atom. The highest BCUT2D eigenvalue weighted by atomic mass is 35.5. The number of benzene rings is 1. The number of hydrogen-bond donors (Lipinski definition) is 1. The zero-order valence-electron chi connectivity index (χ0n) is 14.1. The Morgan fingerprint density at radius 1 is 1.24 bits per heavy atom. The molecule has 25 heavy (non-hydrogen) atoms. The van der Waals surface area contributed by atoms with Crippen molar-refractivity contribution in [1.82, 2.24) is 15.1 Å². The lowest BCUT2D eigenvalue weighted by molar-refractivity contribution is -0.140. The number of piperidine rings is 1. The van der Waals surface area contributed by atoms with Crippen molar-refractivity contribution in [2.24, 2.45) is 0 Å². The van der Waals surface area contributed by atoms with E-state index in [1.54, 1.807) is 11.8 Å². The summed E-state index contributed by atoms with van der Waals surface area (Å²) in [5.41, 5.74) is 1.17. The van der Waals surface area contributed by atoms with E-state index in [1.807, 2.05) is 21.9 Å². The van der Waals surface area contributed by atoms with Crippen LogP contribution in [0.3, 0.4) is 0 Å². The SMILES string of the molecule is Cl.O=C(C1CSc2ccccc21)N1CCCC(N2CCNCC2=O)C1. The number of nitrogens with one attached hydrogen (secondary N) is 1. The molecule has 0 spiro atoms. The van der Waals surface area contributed by atoms with E-state index >= 15 is 0 Å². The highest BCUT2D eigenvalue weighted by molar-refractivity contribution is 7.99. The molecule has 0 bridgehead atoms. The molecule has 136 valence electrons. The second kappa shape index (κ2) is 7.98. The van der Waals surface area contributed by atoms with Crippen LogP contribution < -0.4 is 5.32 Å². The molecule has 2 atom stereocenters. The molecule has 0 aliphatic carbocycles. The number of nitrogens with zero attached hydrogens (tertiary/aromatic N) is 2. The van der Waals surface area contributed by atoms with Crippen LogP contribution in [-0.2, 0) is 9.59 Å². The molecular formula is C18H24ClN3O2S. The Balaban J connectivity index is 0.00000182. The molecule has 2 amide bonds. The first kappa shape index (κ1) is 18.5. The first-order valence-electron chi connectivity index (χ1n) is 8.75. The number of amides is 2.